The fourth-order valence-electron chi connectivity index (χ4n) is 4.13. The Balaban J connectivity index is 2.03. The lowest BCUT2D eigenvalue weighted by atomic mass is 10.0. The summed E-state index contributed by atoms with van der Waals surface area (Å²) in [4.78, 5) is 23.2. The summed E-state index contributed by atoms with van der Waals surface area (Å²) in [6, 6.07) is 16.7. The molecular formula is C23H20N2O4S. The molecule has 1 heterocycles. The molecule has 0 unspecified atom stereocenters. The molecule has 1 N–H and O–H groups in total. The number of benzene rings is 3. The minimum Gasteiger partial charge on any atom is -0.481 e. The number of nitro benzene ring substituents is 1. The molecule has 6 nitrogen and oxygen atoms in total. The maximum absolute atomic E-state index is 11.5. The van der Waals surface area contributed by atoms with E-state index in [1.807, 2.05) is 43.5 Å². The average molecular weight is 420 g/mol. The second kappa shape index (κ2) is 7.84. The SMILES string of the molecule is CSc1c(CC(=O)O)cc(C)c2c3ccccc3n(Cc3cccc([N+](=O)[O-])c3)c12. The molecule has 1 aromatic heterocycles. The number of non-ortho nitro benzene ring substituents is 1. The van der Waals surface area contributed by atoms with Gasteiger partial charge in [-0.1, -0.05) is 36.4 Å². The van der Waals surface area contributed by atoms with Gasteiger partial charge in [-0.15, -0.1) is 11.8 Å². The Bertz CT molecular complexity index is 1310. The van der Waals surface area contributed by atoms with E-state index in [1.54, 1.807) is 12.1 Å². The molecule has 7 heteroatoms. The molecule has 3 aromatic carbocycles. The number of fused-ring (bicyclic) bond motifs is 3. The number of para-hydroxylation sites is 1. The molecule has 0 amide bonds. The first-order valence-corrected chi connectivity index (χ1v) is 10.7. The molecule has 0 saturated carbocycles. The molecular weight excluding hydrogens is 400 g/mol. The van der Waals surface area contributed by atoms with Crippen molar-refractivity contribution in [3.63, 3.8) is 0 Å². The minimum atomic E-state index is -0.870. The van der Waals surface area contributed by atoms with Gasteiger partial charge in [0.2, 0.25) is 0 Å². The molecule has 4 rings (SSSR count). The highest BCUT2D eigenvalue weighted by atomic mass is 32.2. The quantitative estimate of drug-likeness (QED) is 0.256. The number of aliphatic carboxylic acids is 1. The smallest absolute Gasteiger partial charge is 0.307 e. The molecule has 0 fully saturated rings. The first-order valence-electron chi connectivity index (χ1n) is 9.43. The number of nitrogens with zero attached hydrogens (tertiary/aromatic N) is 2. The molecule has 0 bridgehead atoms. The number of hydrogen-bond donors (Lipinski definition) is 1. The fourth-order valence-corrected chi connectivity index (χ4v) is 4.93. The van der Waals surface area contributed by atoms with Crippen LogP contribution < -0.4 is 0 Å². The zero-order valence-corrected chi connectivity index (χ0v) is 17.4. The number of carboxylic acids is 1. The molecule has 0 aliphatic rings. The molecule has 0 aliphatic heterocycles. The Labute approximate surface area is 177 Å². The van der Waals surface area contributed by atoms with E-state index in [9.17, 15) is 20.0 Å². The van der Waals surface area contributed by atoms with Gasteiger partial charge >= 0.3 is 5.97 Å². The second-order valence-corrected chi connectivity index (χ2v) is 8.03. The van der Waals surface area contributed by atoms with Crippen LogP contribution in [0.15, 0.2) is 59.5 Å². The number of aromatic nitrogens is 1. The maximum Gasteiger partial charge on any atom is 0.307 e. The molecule has 0 spiro atoms. The molecule has 4 aromatic rings. The van der Waals surface area contributed by atoms with E-state index in [0.717, 1.165) is 43.4 Å². The second-order valence-electron chi connectivity index (χ2n) is 7.21. The van der Waals surface area contributed by atoms with E-state index in [4.69, 9.17) is 0 Å². The molecule has 152 valence electrons. The van der Waals surface area contributed by atoms with Crippen molar-refractivity contribution in [1.82, 2.24) is 4.57 Å². The van der Waals surface area contributed by atoms with Gasteiger partial charge in [-0.25, -0.2) is 0 Å². The van der Waals surface area contributed by atoms with Crippen LogP contribution in [0, 0.1) is 17.0 Å². The number of carbonyl (C=O) groups is 1. The molecule has 0 saturated heterocycles. The summed E-state index contributed by atoms with van der Waals surface area (Å²) in [6.07, 6.45) is 1.90. The van der Waals surface area contributed by atoms with E-state index >= 15 is 0 Å². The number of hydrogen-bond acceptors (Lipinski definition) is 4. The third-order valence-electron chi connectivity index (χ3n) is 5.27. The standard InChI is InChI=1S/C23H20N2O4S/c1-14-10-16(12-20(26)27)23(30-2)22-21(14)18-8-3-4-9-19(18)24(22)13-15-6-5-7-17(11-15)25(28)29/h3-11H,12-13H2,1-2H3,(H,26,27). The van der Waals surface area contributed by atoms with E-state index < -0.39 is 10.9 Å². The van der Waals surface area contributed by atoms with Crippen molar-refractivity contribution in [1.29, 1.82) is 0 Å². The van der Waals surface area contributed by atoms with Gasteiger partial charge in [-0.05, 0) is 35.9 Å². The van der Waals surface area contributed by atoms with Crippen LogP contribution in [0.3, 0.4) is 0 Å². The third-order valence-corrected chi connectivity index (χ3v) is 6.13. The summed E-state index contributed by atoms with van der Waals surface area (Å²) >= 11 is 1.53. The van der Waals surface area contributed by atoms with Gasteiger partial charge in [0, 0.05) is 39.9 Å². The Kier molecular flexibility index (Phi) is 5.22. The lowest BCUT2D eigenvalue weighted by Gasteiger charge is -2.14. The Morgan fingerprint density at radius 2 is 1.93 bits per heavy atom. The first-order chi connectivity index (χ1) is 14.4. The summed E-state index contributed by atoms with van der Waals surface area (Å²) in [6.45, 7) is 2.46. The minimum absolute atomic E-state index is 0.0503. The van der Waals surface area contributed by atoms with Crippen LogP contribution in [0.5, 0.6) is 0 Å². The van der Waals surface area contributed by atoms with Crippen molar-refractivity contribution in [2.75, 3.05) is 6.26 Å². The molecule has 30 heavy (non-hydrogen) atoms. The zero-order chi connectivity index (χ0) is 21.4. The van der Waals surface area contributed by atoms with E-state index in [0.29, 0.717) is 6.54 Å². The van der Waals surface area contributed by atoms with E-state index in [-0.39, 0.29) is 12.1 Å². The highest BCUT2D eigenvalue weighted by molar-refractivity contribution is 7.98. The maximum atomic E-state index is 11.5. The number of aryl methyl sites for hydroxylation is 1. The predicted molar refractivity (Wildman–Crippen MR) is 120 cm³/mol. The van der Waals surface area contributed by atoms with E-state index in [2.05, 4.69) is 10.6 Å². The van der Waals surface area contributed by atoms with Crippen LogP contribution >= 0.6 is 11.8 Å². The van der Waals surface area contributed by atoms with Gasteiger partial charge < -0.3 is 9.67 Å². The van der Waals surface area contributed by atoms with Crippen molar-refractivity contribution in [2.24, 2.45) is 0 Å². The highest BCUT2D eigenvalue weighted by Crippen LogP contribution is 2.39. The summed E-state index contributed by atoms with van der Waals surface area (Å²) in [5.41, 5.74) is 4.67. The highest BCUT2D eigenvalue weighted by Gasteiger charge is 2.20. The molecule has 0 aliphatic carbocycles. The summed E-state index contributed by atoms with van der Waals surface area (Å²) < 4.78 is 2.15. The number of nitro groups is 1. The largest absolute Gasteiger partial charge is 0.481 e. The van der Waals surface area contributed by atoms with Crippen molar-refractivity contribution in [3.05, 3.63) is 81.4 Å². The van der Waals surface area contributed by atoms with Crippen LogP contribution in [0.1, 0.15) is 16.7 Å². The monoisotopic (exact) mass is 420 g/mol. The van der Waals surface area contributed by atoms with Crippen LogP contribution in [0.2, 0.25) is 0 Å². The average Bonchev–Trinajstić information content (AvgIpc) is 3.03. The van der Waals surface area contributed by atoms with Crippen molar-refractivity contribution in [2.45, 2.75) is 24.8 Å². The van der Waals surface area contributed by atoms with Crippen molar-refractivity contribution in [3.8, 4) is 0 Å². The lowest BCUT2D eigenvalue weighted by Crippen LogP contribution is -2.05. The predicted octanol–water partition coefficient (Wildman–Crippen LogP) is 5.41. The van der Waals surface area contributed by atoms with Gasteiger partial charge in [0.05, 0.1) is 16.9 Å². The van der Waals surface area contributed by atoms with Gasteiger partial charge in [0.25, 0.3) is 5.69 Å². The number of rotatable bonds is 6. The Morgan fingerprint density at radius 1 is 1.17 bits per heavy atom. The fraction of sp³-hybridized carbons (Fsp3) is 0.174. The van der Waals surface area contributed by atoms with Crippen LogP contribution in [0.25, 0.3) is 21.8 Å². The van der Waals surface area contributed by atoms with Gasteiger partial charge in [0.1, 0.15) is 0 Å². The van der Waals surface area contributed by atoms with Crippen LogP contribution in [0.4, 0.5) is 5.69 Å². The number of thioether (sulfide) groups is 1. The number of carboxylic acid groups (broad SMARTS) is 1. The summed E-state index contributed by atoms with van der Waals surface area (Å²) in [7, 11) is 0. The third kappa shape index (κ3) is 3.41. The topological polar surface area (TPSA) is 85.4 Å². The Hall–Kier alpha value is -3.32. The Morgan fingerprint density at radius 3 is 2.63 bits per heavy atom. The first kappa shape index (κ1) is 20.0. The van der Waals surface area contributed by atoms with Crippen molar-refractivity contribution >= 4 is 45.2 Å². The van der Waals surface area contributed by atoms with Crippen LogP contribution in [-0.2, 0) is 17.8 Å². The molecule has 0 radical (unpaired) electrons. The van der Waals surface area contributed by atoms with Crippen molar-refractivity contribution < 1.29 is 14.8 Å². The van der Waals surface area contributed by atoms with E-state index in [1.165, 1.54) is 17.8 Å². The molecule has 0 atom stereocenters. The summed E-state index contributed by atoms with van der Waals surface area (Å²) in [5.74, 6) is -0.870. The van der Waals surface area contributed by atoms with Gasteiger partial charge in [0.15, 0.2) is 0 Å². The van der Waals surface area contributed by atoms with Gasteiger partial charge in [-0.2, -0.15) is 0 Å². The normalized spacial score (nSPS) is 11.3. The summed E-state index contributed by atoms with van der Waals surface area (Å²) in [5, 5.41) is 22.8. The van der Waals surface area contributed by atoms with Crippen LogP contribution in [-0.4, -0.2) is 26.8 Å². The zero-order valence-electron chi connectivity index (χ0n) is 16.6. The lowest BCUT2D eigenvalue weighted by molar-refractivity contribution is -0.384. The van der Waals surface area contributed by atoms with Gasteiger partial charge in [-0.3, -0.25) is 14.9 Å².